The summed E-state index contributed by atoms with van der Waals surface area (Å²) in [5.74, 6) is -2.79. The highest BCUT2D eigenvalue weighted by Crippen LogP contribution is 2.55. The molecule has 57 heavy (non-hydrogen) atoms. The molecule has 0 fully saturated rings. The van der Waals surface area contributed by atoms with E-state index in [0.717, 1.165) is 28.3 Å². The summed E-state index contributed by atoms with van der Waals surface area (Å²) in [7, 11) is 0. The molecule has 0 aliphatic heterocycles. The van der Waals surface area contributed by atoms with Gasteiger partial charge in [0.2, 0.25) is 0 Å². The lowest BCUT2D eigenvalue weighted by atomic mass is 9.69. The number of rotatable bonds is 16. The Morgan fingerprint density at radius 3 is 2.16 bits per heavy atom. The van der Waals surface area contributed by atoms with E-state index in [-0.39, 0.29) is 44.7 Å². The summed E-state index contributed by atoms with van der Waals surface area (Å²) in [4.78, 5) is 14.3. The minimum absolute atomic E-state index is 0.0212. The summed E-state index contributed by atoms with van der Waals surface area (Å²) in [6, 6.07) is 5.16. The molecule has 7 unspecified atom stereocenters. The summed E-state index contributed by atoms with van der Waals surface area (Å²) in [6.07, 6.45) is -2.91. The van der Waals surface area contributed by atoms with Crippen LogP contribution in [0.25, 0.3) is 5.57 Å². The van der Waals surface area contributed by atoms with Crippen molar-refractivity contribution < 1.29 is 55.6 Å². The second-order valence-electron chi connectivity index (χ2n) is 15.5. The number of aliphatic hydroxyl groups excluding tert-OH is 2. The molecule has 4 aliphatic carbocycles. The van der Waals surface area contributed by atoms with Crippen molar-refractivity contribution in [3.05, 3.63) is 125 Å². The maximum Gasteiger partial charge on any atom is 0.412 e. The number of esters is 1. The van der Waals surface area contributed by atoms with Gasteiger partial charge in [0.25, 0.3) is 0 Å². The van der Waals surface area contributed by atoms with Crippen molar-refractivity contribution in [2.45, 2.75) is 108 Å². The first-order chi connectivity index (χ1) is 26.7. The molecule has 0 saturated heterocycles. The summed E-state index contributed by atoms with van der Waals surface area (Å²) in [6.45, 7) is 15.9. The molecular formula is C44H51F6NO6. The van der Waals surface area contributed by atoms with E-state index in [4.69, 9.17) is 14.2 Å². The van der Waals surface area contributed by atoms with Crippen molar-refractivity contribution in [1.82, 2.24) is 4.90 Å². The van der Waals surface area contributed by atoms with E-state index < -0.39 is 78.8 Å². The van der Waals surface area contributed by atoms with E-state index in [1.165, 1.54) is 6.92 Å². The highest BCUT2D eigenvalue weighted by atomic mass is 19.4. The molecule has 13 heteroatoms. The van der Waals surface area contributed by atoms with E-state index >= 15 is 0 Å². The predicted molar refractivity (Wildman–Crippen MR) is 205 cm³/mol. The third-order valence-corrected chi connectivity index (χ3v) is 11.2. The van der Waals surface area contributed by atoms with Crippen LogP contribution in [0, 0.1) is 5.92 Å². The second kappa shape index (κ2) is 17.9. The van der Waals surface area contributed by atoms with Gasteiger partial charge in [0.1, 0.15) is 0 Å². The van der Waals surface area contributed by atoms with Gasteiger partial charge in [-0.1, -0.05) is 80.5 Å². The van der Waals surface area contributed by atoms with Crippen LogP contribution in [0.2, 0.25) is 0 Å². The third-order valence-electron chi connectivity index (χ3n) is 11.2. The molecule has 1 aromatic carbocycles. The molecule has 0 spiro atoms. The van der Waals surface area contributed by atoms with Gasteiger partial charge in [-0.05, 0) is 98.3 Å². The van der Waals surface area contributed by atoms with E-state index in [0.29, 0.717) is 23.1 Å². The van der Waals surface area contributed by atoms with Crippen molar-refractivity contribution >= 4 is 11.5 Å². The van der Waals surface area contributed by atoms with Gasteiger partial charge in [-0.3, -0.25) is 4.90 Å². The van der Waals surface area contributed by atoms with Crippen LogP contribution in [0.1, 0.15) is 70.4 Å². The number of allylic oxidation sites excluding steroid dienone is 3. The van der Waals surface area contributed by atoms with E-state index in [1.54, 1.807) is 30.9 Å². The molecule has 0 bridgehead atoms. The van der Waals surface area contributed by atoms with Crippen LogP contribution in [0.15, 0.2) is 114 Å². The summed E-state index contributed by atoms with van der Waals surface area (Å²) < 4.78 is 103. The predicted octanol–water partition coefficient (Wildman–Crippen LogP) is 9.13. The molecule has 0 amide bonds. The number of nitrogens with zero attached hydrogens (tertiary/aromatic N) is 1. The Morgan fingerprint density at radius 2 is 1.54 bits per heavy atom. The van der Waals surface area contributed by atoms with Gasteiger partial charge in [-0.2, -0.15) is 26.3 Å². The van der Waals surface area contributed by atoms with E-state index in [2.05, 4.69) is 19.7 Å². The average Bonchev–Trinajstić information content (AvgIpc) is 3.42. The van der Waals surface area contributed by atoms with Gasteiger partial charge in [0.05, 0.1) is 25.7 Å². The lowest BCUT2D eigenvalue weighted by Gasteiger charge is -2.46. The van der Waals surface area contributed by atoms with E-state index in [9.17, 15) is 41.4 Å². The largest absolute Gasteiger partial charge is 0.462 e. The van der Waals surface area contributed by atoms with Gasteiger partial charge in [0, 0.05) is 34.7 Å². The Hall–Kier alpha value is -4.01. The van der Waals surface area contributed by atoms with Crippen molar-refractivity contribution in [2.75, 3.05) is 19.8 Å². The van der Waals surface area contributed by atoms with Gasteiger partial charge in [-0.25, -0.2) is 4.79 Å². The lowest BCUT2D eigenvalue weighted by molar-refractivity contribution is -0.186. The second-order valence-corrected chi connectivity index (χ2v) is 15.5. The molecule has 1 aromatic rings. The monoisotopic (exact) mass is 803 g/mol. The van der Waals surface area contributed by atoms with Crippen LogP contribution in [0.4, 0.5) is 26.3 Å². The normalized spacial score (nSPS) is 25.7. The van der Waals surface area contributed by atoms with E-state index in [1.807, 2.05) is 42.5 Å². The molecule has 7 atom stereocenters. The summed E-state index contributed by atoms with van der Waals surface area (Å²) in [5.41, 5.74) is 3.19. The zero-order chi connectivity index (χ0) is 41.9. The Labute approximate surface area is 330 Å². The average molecular weight is 804 g/mol. The number of carbonyl (C=O) groups is 1. The molecule has 0 radical (unpaired) electrons. The molecular weight excluding hydrogens is 752 g/mol. The first-order valence-corrected chi connectivity index (χ1v) is 19.0. The van der Waals surface area contributed by atoms with Crippen LogP contribution in [0.3, 0.4) is 0 Å². The molecule has 5 rings (SSSR count). The molecule has 0 aromatic heterocycles. The molecule has 7 nitrogen and oxygen atoms in total. The SMILES string of the molecule is C=C(C)C(=O)OCCC1(CCOC(O)C(=C)C)C2=C(C=CC(N(C3C=CC(COC(O)C(=C)C)=CC3)C3C=C(C(F)(F)F)CC(C(F)(F)F)C3)C2)c2ccccc21. The number of fused-ring (bicyclic) bond motifs is 2. The summed E-state index contributed by atoms with van der Waals surface area (Å²) >= 11 is 0. The van der Waals surface area contributed by atoms with Crippen molar-refractivity contribution in [3.63, 3.8) is 0 Å². The number of hydrogen-bond acceptors (Lipinski definition) is 7. The molecule has 310 valence electrons. The number of carbonyl (C=O) groups excluding carboxylic acids is 1. The van der Waals surface area contributed by atoms with Gasteiger partial charge in [0.15, 0.2) is 12.6 Å². The zero-order valence-corrected chi connectivity index (χ0v) is 32.5. The number of halogens is 6. The maximum absolute atomic E-state index is 14.4. The fourth-order valence-corrected chi connectivity index (χ4v) is 8.24. The van der Waals surface area contributed by atoms with Crippen molar-refractivity contribution in [1.29, 1.82) is 0 Å². The third kappa shape index (κ3) is 10.2. The quantitative estimate of drug-likeness (QED) is 0.0567. The number of ether oxygens (including phenoxy) is 3. The highest BCUT2D eigenvalue weighted by Gasteiger charge is 2.51. The number of hydrogen-bond donors (Lipinski definition) is 2. The minimum atomic E-state index is -4.96. The standard InChI is InChI=1S/C44H51F6NO6/c1-26(2)39(52)55-19-17-42(18-20-56-40(53)27(3)4)37-10-8-7-9-35(37)36-16-15-33(24-38(36)42)51(32-13-11-29(12-14-32)25-57-41(54)28(5)6)34-22-30(43(45,46)47)21-31(23-34)44(48,49)50/h7-13,15-16,22,31-34,39,41,52,54H,1,3,5,14,17-21,23-25H2,2,4,6H3. The Bertz CT molecular complexity index is 1870. The maximum atomic E-state index is 14.4. The number of benzene rings is 1. The summed E-state index contributed by atoms with van der Waals surface area (Å²) in [5, 5.41) is 20.5. The van der Waals surface area contributed by atoms with Gasteiger partial charge < -0.3 is 24.4 Å². The first-order valence-electron chi connectivity index (χ1n) is 19.0. The van der Waals surface area contributed by atoms with Crippen molar-refractivity contribution in [2.24, 2.45) is 5.92 Å². The van der Waals surface area contributed by atoms with Crippen LogP contribution in [-0.2, 0) is 24.4 Å². The van der Waals surface area contributed by atoms with Crippen LogP contribution >= 0.6 is 0 Å². The fraction of sp³-hybridized carbons (Fsp3) is 0.477. The fourth-order valence-electron chi connectivity index (χ4n) is 8.24. The zero-order valence-electron chi connectivity index (χ0n) is 32.5. The molecule has 0 saturated carbocycles. The lowest BCUT2D eigenvalue weighted by Crippen LogP contribution is -2.52. The molecule has 2 N–H and O–H groups in total. The van der Waals surface area contributed by atoms with Crippen molar-refractivity contribution in [3.8, 4) is 0 Å². The number of alkyl halides is 6. The van der Waals surface area contributed by atoms with Crippen LogP contribution in [-0.4, -0.2) is 84.0 Å². The highest BCUT2D eigenvalue weighted by molar-refractivity contribution is 5.88. The topological polar surface area (TPSA) is 88.5 Å². The minimum Gasteiger partial charge on any atom is -0.462 e. The first kappa shape index (κ1) is 44.1. The van der Waals surface area contributed by atoms with Gasteiger partial charge >= 0.3 is 18.3 Å². The van der Waals surface area contributed by atoms with Crippen LogP contribution in [0.5, 0.6) is 0 Å². The van der Waals surface area contributed by atoms with Gasteiger partial charge in [-0.15, -0.1) is 0 Å². The smallest absolute Gasteiger partial charge is 0.412 e. The molecule has 4 aliphatic rings. The Morgan fingerprint density at radius 1 is 0.895 bits per heavy atom. The van der Waals surface area contributed by atoms with Crippen LogP contribution < -0.4 is 0 Å². The Kier molecular flexibility index (Phi) is 13.8. The Balaban J connectivity index is 1.56. The molecule has 0 heterocycles. The number of aliphatic hydroxyl groups is 2.